The molecule has 2 N–H and O–H groups in total. The highest BCUT2D eigenvalue weighted by Crippen LogP contribution is 2.31. The molecule has 0 unspecified atom stereocenters. The molecule has 0 saturated heterocycles. The highest BCUT2D eigenvalue weighted by molar-refractivity contribution is 7.80. The number of rotatable bonds is 4. The summed E-state index contributed by atoms with van der Waals surface area (Å²) >= 11 is 23.1. The van der Waals surface area contributed by atoms with Crippen LogP contribution in [0.15, 0.2) is 65.1 Å². The minimum atomic E-state index is -0.401. The monoisotopic (exact) mass is 450 g/mol. The lowest BCUT2D eigenvalue weighted by molar-refractivity contribution is -0.115. The molecule has 0 bridgehead atoms. The van der Waals surface area contributed by atoms with E-state index in [9.17, 15) is 4.79 Å². The fourth-order valence-electron chi connectivity index (χ4n) is 2.32. The van der Waals surface area contributed by atoms with Gasteiger partial charge in [0.25, 0.3) is 0 Å². The molecule has 1 heterocycles. The molecule has 28 heavy (non-hydrogen) atoms. The lowest BCUT2D eigenvalue weighted by atomic mass is 10.2. The second kappa shape index (κ2) is 9.26. The third-order valence-corrected chi connectivity index (χ3v) is 4.53. The summed E-state index contributed by atoms with van der Waals surface area (Å²) in [7, 11) is 0. The summed E-state index contributed by atoms with van der Waals surface area (Å²) in [6.45, 7) is 0. The number of carbonyl (C=O) groups excluding carboxylic acids is 1. The topological polar surface area (TPSA) is 54.3 Å². The first kappa shape index (κ1) is 20.4. The lowest BCUT2D eigenvalue weighted by Crippen LogP contribution is -2.32. The number of thiocarbonyl (C=S) groups is 1. The van der Waals surface area contributed by atoms with Crippen molar-refractivity contribution in [2.75, 3.05) is 5.32 Å². The van der Waals surface area contributed by atoms with Gasteiger partial charge < -0.3 is 9.73 Å². The maximum Gasteiger partial charge on any atom is 0.250 e. The zero-order valence-corrected chi connectivity index (χ0v) is 17.3. The molecule has 8 heteroatoms. The van der Waals surface area contributed by atoms with Crippen LogP contribution in [0.1, 0.15) is 5.76 Å². The summed E-state index contributed by atoms with van der Waals surface area (Å²) in [4.78, 5) is 12.0. The van der Waals surface area contributed by atoms with Crippen LogP contribution in [-0.2, 0) is 4.79 Å². The number of amides is 1. The third-order valence-electron chi connectivity index (χ3n) is 3.54. The molecule has 4 nitrogen and oxygen atoms in total. The smallest absolute Gasteiger partial charge is 0.250 e. The van der Waals surface area contributed by atoms with Crippen LogP contribution in [0.5, 0.6) is 0 Å². The van der Waals surface area contributed by atoms with Crippen molar-refractivity contribution in [3.05, 3.63) is 81.5 Å². The van der Waals surface area contributed by atoms with Crippen LogP contribution >= 0.6 is 47.0 Å². The van der Waals surface area contributed by atoms with Crippen molar-refractivity contribution < 1.29 is 9.21 Å². The third kappa shape index (κ3) is 5.59. The number of hydrogen-bond acceptors (Lipinski definition) is 3. The molecule has 2 aromatic carbocycles. The molecule has 3 aromatic rings. The quantitative estimate of drug-likeness (QED) is 0.354. The number of carbonyl (C=O) groups is 1. The maximum absolute atomic E-state index is 12.0. The highest BCUT2D eigenvalue weighted by Gasteiger charge is 2.09. The predicted molar refractivity (Wildman–Crippen MR) is 119 cm³/mol. The van der Waals surface area contributed by atoms with E-state index >= 15 is 0 Å². The summed E-state index contributed by atoms with van der Waals surface area (Å²) in [5, 5.41) is 7.17. The zero-order valence-electron chi connectivity index (χ0n) is 14.2. The Labute approximate surface area is 182 Å². The summed E-state index contributed by atoms with van der Waals surface area (Å²) in [5.41, 5.74) is 1.39. The number of benzene rings is 2. The first-order chi connectivity index (χ1) is 13.4. The summed E-state index contributed by atoms with van der Waals surface area (Å²) in [5.74, 6) is 0.659. The predicted octanol–water partition coefficient (Wildman–Crippen LogP) is 6.43. The van der Waals surface area contributed by atoms with Crippen molar-refractivity contribution in [2.45, 2.75) is 0 Å². The second-order valence-electron chi connectivity index (χ2n) is 5.61. The standard InChI is InChI=1S/C20H13Cl3N2O2S/c21-12-2-1-3-14(10-12)24-20(28)25-19(26)9-6-15-5-8-18(27-15)16-7-4-13(22)11-17(16)23/h1-11H,(H2,24,25,26,28)/b9-6+. The first-order valence-corrected chi connectivity index (χ1v) is 9.56. The lowest BCUT2D eigenvalue weighted by Gasteiger charge is -2.08. The van der Waals surface area contributed by atoms with Crippen molar-refractivity contribution in [1.82, 2.24) is 5.32 Å². The molecule has 0 fully saturated rings. The minimum Gasteiger partial charge on any atom is -0.457 e. The van der Waals surface area contributed by atoms with Crippen molar-refractivity contribution in [3.8, 4) is 11.3 Å². The van der Waals surface area contributed by atoms with Gasteiger partial charge in [-0.2, -0.15) is 0 Å². The fraction of sp³-hybridized carbons (Fsp3) is 0. The molecule has 142 valence electrons. The molecule has 0 atom stereocenters. The van der Waals surface area contributed by atoms with E-state index in [4.69, 9.17) is 51.4 Å². The maximum atomic E-state index is 12.0. The molecule has 0 radical (unpaired) electrons. The number of anilines is 1. The van der Waals surface area contributed by atoms with Crippen molar-refractivity contribution in [1.29, 1.82) is 0 Å². The summed E-state index contributed by atoms with van der Waals surface area (Å²) in [6.07, 6.45) is 2.85. The van der Waals surface area contributed by atoms with Crippen molar-refractivity contribution >= 4 is 69.8 Å². The van der Waals surface area contributed by atoms with Gasteiger partial charge in [-0.1, -0.05) is 40.9 Å². The molecule has 0 spiro atoms. The summed E-state index contributed by atoms with van der Waals surface area (Å²) < 4.78 is 5.70. The van der Waals surface area contributed by atoms with Crippen LogP contribution in [0.4, 0.5) is 5.69 Å². The Kier molecular flexibility index (Phi) is 6.75. The number of furan rings is 1. The SMILES string of the molecule is O=C(/C=C/c1ccc(-c2ccc(Cl)cc2Cl)o1)NC(=S)Nc1cccc(Cl)c1. The van der Waals surface area contributed by atoms with Gasteiger partial charge in [0.1, 0.15) is 11.5 Å². The van der Waals surface area contributed by atoms with E-state index in [1.54, 1.807) is 54.6 Å². The van der Waals surface area contributed by atoms with Crippen LogP contribution in [0.2, 0.25) is 15.1 Å². The zero-order chi connectivity index (χ0) is 20.1. The summed E-state index contributed by atoms with van der Waals surface area (Å²) in [6, 6.07) is 15.6. The molecular weight excluding hydrogens is 439 g/mol. The van der Waals surface area contributed by atoms with E-state index in [2.05, 4.69) is 10.6 Å². The minimum absolute atomic E-state index is 0.157. The number of hydrogen-bond donors (Lipinski definition) is 2. The van der Waals surface area contributed by atoms with Gasteiger partial charge in [-0.05, 0) is 66.8 Å². The normalized spacial score (nSPS) is 10.8. The van der Waals surface area contributed by atoms with Gasteiger partial charge in [-0.15, -0.1) is 0 Å². The number of halogens is 3. The number of nitrogens with one attached hydrogen (secondary N) is 2. The van der Waals surface area contributed by atoms with Gasteiger partial charge in [0.2, 0.25) is 5.91 Å². The van der Waals surface area contributed by atoms with Gasteiger partial charge in [0.15, 0.2) is 5.11 Å². The fourth-order valence-corrected chi connectivity index (χ4v) is 3.23. The van der Waals surface area contributed by atoms with E-state index in [1.807, 2.05) is 0 Å². The van der Waals surface area contributed by atoms with Crippen molar-refractivity contribution in [3.63, 3.8) is 0 Å². The average Bonchev–Trinajstić information content (AvgIpc) is 3.08. The van der Waals surface area contributed by atoms with Crippen LogP contribution in [-0.4, -0.2) is 11.0 Å². The van der Waals surface area contributed by atoms with Gasteiger partial charge in [0, 0.05) is 27.4 Å². The Morgan fingerprint density at radius 3 is 2.54 bits per heavy atom. The van der Waals surface area contributed by atoms with Crippen molar-refractivity contribution in [2.24, 2.45) is 0 Å². The van der Waals surface area contributed by atoms with Crippen LogP contribution in [0, 0.1) is 0 Å². The first-order valence-electron chi connectivity index (χ1n) is 8.01. The Morgan fingerprint density at radius 2 is 1.79 bits per heavy atom. The molecular formula is C20H13Cl3N2O2S. The van der Waals surface area contributed by atoms with Gasteiger partial charge in [-0.3, -0.25) is 10.1 Å². The molecule has 0 aliphatic heterocycles. The van der Waals surface area contributed by atoms with Crippen LogP contribution in [0.3, 0.4) is 0 Å². The van der Waals surface area contributed by atoms with Gasteiger partial charge in [0.05, 0.1) is 5.02 Å². The molecule has 0 aliphatic rings. The second-order valence-corrected chi connectivity index (χ2v) is 7.30. The van der Waals surface area contributed by atoms with E-state index < -0.39 is 5.91 Å². The van der Waals surface area contributed by atoms with Gasteiger partial charge in [-0.25, -0.2) is 0 Å². The molecule has 0 saturated carbocycles. The van der Waals surface area contributed by atoms with Crippen LogP contribution < -0.4 is 10.6 Å². The largest absolute Gasteiger partial charge is 0.457 e. The molecule has 1 aromatic heterocycles. The van der Waals surface area contributed by atoms with Gasteiger partial charge >= 0.3 is 0 Å². The Bertz CT molecular complexity index is 1060. The molecule has 3 rings (SSSR count). The van der Waals surface area contributed by atoms with Crippen LogP contribution in [0.25, 0.3) is 17.4 Å². The van der Waals surface area contributed by atoms with E-state index in [0.717, 1.165) is 0 Å². The molecule has 1 amide bonds. The van der Waals surface area contributed by atoms with E-state index in [-0.39, 0.29) is 5.11 Å². The van der Waals surface area contributed by atoms with E-state index in [1.165, 1.54) is 12.2 Å². The Morgan fingerprint density at radius 1 is 1.00 bits per heavy atom. The Hall–Kier alpha value is -2.31. The molecule has 0 aliphatic carbocycles. The highest BCUT2D eigenvalue weighted by atomic mass is 35.5. The Balaban J connectivity index is 1.60. The average molecular weight is 452 g/mol. The van der Waals surface area contributed by atoms with E-state index in [0.29, 0.717) is 37.8 Å².